The van der Waals surface area contributed by atoms with Gasteiger partial charge in [-0.15, -0.1) is 5.10 Å². The van der Waals surface area contributed by atoms with Gasteiger partial charge in [0, 0.05) is 16.6 Å². The maximum atomic E-state index is 13.7. The van der Waals surface area contributed by atoms with Gasteiger partial charge in [-0.05, 0) is 68.4 Å². The Hall–Kier alpha value is -3.06. The number of anilines is 1. The maximum absolute atomic E-state index is 13.7. The molecule has 0 spiro atoms. The second-order valence-electron chi connectivity index (χ2n) is 8.30. The number of amides is 2. The Morgan fingerprint density at radius 2 is 1.84 bits per heavy atom. The molecule has 7 heteroatoms. The van der Waals surface area contributed by atoms with E-state index in [0.29, 0.717) is 5.69 Å². The number of carbonyl (C=O) groups is 2. The van der Waals surface area contributed by atoms with Crippen LogP contribution in [0.3, 0.4) is 0 Å². The SMILES string of the molecule is CCC(C)(C)NC(=O)[C@@H](c1ccccc1)N(C(=O)c1csnn1)c1cc(C)ccc1C. The molecule has 0 unspecified atom stereocenters. The zero-order valence-corrected chi connectivity index (χ0v) is 19.4. The van der Waals surface area contributed by atoms with Gasteiger partial charge in [0.25, 0.3) is 5.91 Å². The lowest BCUT2D eigenvalue weighted by atomic mass is 9.97. The molecule has 0 saturated heterocycles. The van der Waals surface area contributed by atoms with E-state index in [1.807, 2.05) is 83.1 Å². The number of aromatic nitrogens is 2. The van der Waals surface area contributed by atoms with Crippen molar-refractivity contribution in [3.8, 4) is 0 Å². The molecule has 0 aliphatic carbocycles. The second kappa shape index (κ2) is 9.39. The van der Waals surface area contributed by atoms with Crippen molar-refractivity contribution in [3.05, 3.63) is 76.3 Å². The van der Waals surface area contributed by atoms with Gasteiger partial charge in [-0.2, -0.15) is 0 Å². The summed E-state index contributed by atoms with van der Waals surface area (Å²) in [4.78, 5) is 28.9. The molecule has 3 rings (SSSR count). The van der Waals surface area contributed by atoms with E-state index < -0.39 is 11.6 Å². The molecule has 0 bridgehead atoms. The van der Waals surface area contributed by atoms with Crippen LogP contribution < -0.4 is 10.2 Å². The van der Waals surface area contributed by atoms with E-state index in [2.05, 4.69) is 14.9 Å². The van der Waals surface area contributed by atoms with Crippen LogP contribution in [0.4, 0.5) is 5.69 Å². The number of nitrogens with one attached hydrogen (secondary N) is 1. The molecule has 3 aromatic rings. The van der Waals surface area contributed by atoms with Crippen molar-refractivity contribution in [1.82, 2.24) is 14.9 Å². The summed E-state index contributed by atoms with van der Waals surface area (Å²) in [6.45, 7) is 9.87. The quantitative estimate of drug-likeness (QED) is 0.575. The van der Waals surface area contributed by atoms with E-state index in [1.54, 1.807) is 10.3 Å². The predicted molar refractivity (Wildman–Crippen MR) is 124 cm³/mol. The van der Waals surface area contributed by atoms with E-state index in [-0.39, 0.29) is 17.5 Å². The minimum absolute atomic E-state index is 0.217. The topological polar surface area (TPSA) is 75.2 Å². The van der Waals surface area contributed by atoms with Crippen molar-refractivity contribution in [2.75, 3.05) is 4.90 Å². The zero-order chi connectivity index (χ0) is 22.6. The number of carbonyl (C=O) groups excluding carboxylic acids is 2. The van der Waals surface area contributed by atoms with Crippen molar-refractivity contribution in [1.29, 1.82) is 0 Å². The third-order valence-electron chi connectivity index (χ3n) is 5.39. The molecule has 6 nitrogen and oxygen atoms in total. The Morgan fingerprint density at radius 3 is 2.45 bits per heavy atom. The second-order valence-corrected chi connectivity index (χ2v) is 8.90. The van der Waals surface area contributed by atoms with Crippen LogP contribution in [-0.2, 0) is 4.79 Å². The first-order valence-corrected chi connectivity index (χ1v) is 11.1. The highest BCUT2D eigenvalue weighted by molar-refractivity contribution is 7.03. The van der Waals surface area contributed by atoms with Crippen molar-refractivity contribution in [2.45, 2.75) is 52.6 Å². The molecular weight excluding hydrogens is 408 g/mol. The Morgan fingerprint density at radius 1 is 1.13 bits per heavy atom. The van der Waals surface area contributed by atoms with Crippen LogP contribution in [0, 0.1) is 13.8 Å². The third-order valence-corrected chi connectivity index (χ3v) is 5.89. The fraction of sp³-hybridized carbons (Fsp3) is 0.333. The van der Waals surface area contributed by atoms with E-state index >= 15 is 0 Å². The summed E-state index contributed by atoms with van der Waals surface area (Å²) >= 11 is 1.11. The van der Waals surface area contributed by atoms with Gasteiger partial charge in [-0.25, -0.2) is 0 Å². The van der Waals surface area contributed by atoms with Gasteiger partial charge in [-0.1, -0.05) is 53.9 Å². The predicted octanol–water partition coefficient (Wildman–Crippen LogP) is 4.85. The zero-order valence-electron chi connectivity index (χ0n) is 18.5. The van der Waals surface area contributed by atoms with E-state index in [1.165, 1.54) is 0 Å². The summed E-state index contributed by atoms with van der Waals surface area (Å²) in [6.07, 6.45) is 0.758. The molecule has 1 atom stereocenters. The summed E-state index contributed by atoms with van der Waals surface area (Å²) in [7, 11) is 0. The standard InChI is InChI=1S/C24H28N4O2S/c1-6-24(4,5)25-22(29)21(18-10-8-7-9-11-18)28(23(30)19-15-31-27-26-19)20-14-16(2)12-13-17(20)3/h7-15,21H,6H2,1-5H3,(H,25,29)/t21-/m1/s1. The molecule has 0 aliphatic rings. The van der Waals surface area contributed by atoms with Gasteiger partial charge in [0.2, 0.25) is 5.91 Å². The molecule has 0 fully saturated rings. The number of hydrogen-bond acceptors (Lipinski definition) is 5. The number of aryl methyl sites for hydroxylation is 2. The minimum atomic E-state index is -0.860. The van der Waals surface area contributed by atoms with Crippen LogP contribution in [0.25, 0.3) is 0 Å². The molecule has 0 aliphatic heterocycles. The summed E-state index contributed by atoms with van der Waals surface area (Å²) in [5, 5.41) is 8.72. The lowest BCUT2D eigenvalue weighted by Gasteiger charge is -2.35. The first-order chi connectivity index (χ1) is 14.7. The smallest absolute Gasteiger partial charge is 0.280 e. The van der Waals surface area contributed by atoms with Gasteiger partial charge < -0.3 is 5.32 Å². The van der Waals surface area contributed by atoms with Gasteiger partial charge in [0.05, 0.1) is 0 Å². The van der Waals surface area contributed by atoms with Crippen LogP contribution >= 0.6 is 11.5 Å². The molecular formula is C24H28N4O2S. The largest absolute Gasteiger partial charge is 0.349 e. The molecule has 31 heavy (non-hydrogen) atoms. The van der Waals surface area contributed by atoms with Crippen LogP contribution in [0.1, 0.15) is 60.4 Å². The van der Waals surface area contributed by atoms with E-state index in [4.69, 9.17) is 0 Å². The van der Waals surface area contributed by atoms with Crippen LogP contribution in [0.2, 0.25) is 0 Å². The number of nitrogens with zero attached hydrogens (tertiary/aromatic N) is 3. The lowest BCUT2D eigenvalue weighted by Crippen LogP contribution is -2.50. The first-order valence-electron chi connectivity index (χ1n) is 10.3. The Balaban J connectivity index is 2.20. The summed E-state index contributed by atoms with van der Waals surface area (Å²) in [6, 6.07) is 14.4. The Bertz CT molecular complexity index is 1050. The highest BCUT2D eigenvalue weighted by Gasteiger charge is 2.36. The molecule has 2 amide bonds. The van der Waals surface area contributed by atoms with Crippen LogP contribution in [-0.4, -0.2) is 26.9 Å². The fourth-order valence-corrected chi connectivity index (χ4v) is 3.70. The number of benzene rings is 2. The van der Waals surface area contributed by atoms with Gasteiger partial charge in [0.1, 0.15) is 6.04 Å². The average Bonchev–Trinajstić information content (AvgIpc) is 3.28. The van der Waals surface area contributed by atoms with Crippen LogP contribution in [0.5, 0.6) is 0 Å². The molecule has 1 heterocycles. The normalized spacial score (nSPS) is 12.3. The van der Waals surface area contributed by atoms with E-state index in [9.17, 15) is 9.59 Å². The molecule has 1 N–H and O–H groups in total. The molecule has 0 saturated carbocycles. The molecule has 162 valence electrons. The Kier molecular flexibility index (Phi) is 6.85. The lowest BCUT2D eigenvalue weighted by molar-refractivity contribution is -0.124. The Labute approximate surface area is 187 Å². The van der Waals surface area contributed by atoms with Gasteiger partial charge in [0.15, 0.2) is 5.69 Å². The number of hydrogen-bond donors (Lipinski definition) is 1. The third kappa shape index (κ3) is 5.17. The average molecular weight is 437 g/mol. The van der Waals surface area contributed by atoms with Gasteiger partial charge >= 0.3 is 0 Å². The van der Waals surface area contributed by atoms with Crippen molar-refractivity contribution < 1.29 is 9.59 Å². The maximum Gasteiger partial charge on any atom is 0.280 e. The highest BCUT2D eigenvalue weighted by Crippen LogP contribution is 2.33. The van der Waals surface area contributed by atoms with Crippen molar-refractivity contribution >= 4 is 29.0 Å². The molecule has 1 aromatic heterocycles. The van der Waals surface area contributed by atoms with Crippen molar-refractivity contribution in [2.24, 2.45) is 0 Å². The first kappa shape index (κ1) is 22.6. The summed E-state index contributed by atoms with van der Waals surface area (Å²) in [5.74, 6) is -0.601. The summed E-state index contributed by atoms with van der Waals surface area (Å²) < 4.78 is 3.85. The van der Waals surface area contributed by atoms with E-state index in [0.717, 1.165) is 34.6 Å². The summed E-state index contributed by atoms with van der Waals surface area (Å²) in [5.41, 5.74) is 3.10. The highest BCUT2D eigenvalue weighted by atomic mass is 32.1. The van der Waals surface area contributed by atoms with Crippen molar-refractivity contribution in [3.63, 3.8) is 0 Å². The minimum Gasteiger partial charge on any atom is -0.349 e. The molecule has 0 radical (unpaired) electrons. The van der Waals surface area contributed by atoms with Crippen LogP contribution in [0.15, 0.2) is 53.9 Å². The monoisotopic (exact) mass is 436 g/mol. The molecule has 2 aromatic carbocycles. The fourth-order valence-electron chi connectivity index (χ4n) is 3.27. The van der Waals surface area contributed by atoms with Gasteiger partial charge in [-0.3, -0.25) is 14.5 Å². The number of rotatable bonds is 7.